The van der Waals surface area contributed by atoms with E-state index in [4.69, 9.17) is 12.2 Å². The lowest BCUT2D eigenvalue weighted by atomic mass is 10.0. The molecule has 0 aromatic carbocycles. The number of aromatic amines is 1. The maximum atomic E-state index is 5.16. The smallest absolute Gasteiger partial charge is 0.195 e. The summed E-state index contributed by atoms with van der Waals surface area (Å²) in [5.41, 5.74) is 0. The largest absolute Gasteiger partial charge is 0.315 e. The van der Waals surface area contributed by atoms with E-state index < -0.39 is 0 Å². The van der Waals surface area contributed by atoms with Crippen LogP contribution in [0.25, 0.3) is 0 Å². The van der Waals surface area contributed by atoms with Crippen molar-refractivity contribution in [1.29, 1.82) is 0 Å². The predicted molar refractivity (Wildman–Crippen MR) is 53.4 cm³/mol. The second kappa shape index (κ2) is 3.23. The van der Waals surface area contributed by atoms with Gasteiger partial charge in [0.15, 0.2) is 4.77 Å². The molecule has 1 aromatic heterocycles. The molecule has 2 N–H and O–H groups in total. The molecule has 1 saturated heterocycles. The summed E-state index contributed by atoms with van der Waals surface area (Å²) in [4.78, 5) is 0. The van der Waals surface area contributed by atoms with Crippen molar-refractivity contribution < 1.29 is 0 Å². The van der Waals surface area contributed by atoms with Gasteiger partial charge >= 0.3 is 0 Å². The molecule has 1 aliphatic rings. The maximum absolute atomic E-state index is 5.16. The molecule has 1 fully saturated rings. The maximum Gasteiger partial charge on any atom is 0.195 e. The normalized spacial score (nSPS) is 17.8. The van der Waals surface area contributed by atoms with Gasteiger partial charge in [0.1, 0.15) is 5.82 Å². The van der Waals surface area contributed by atoms with Gasteiger partial charge in [-0.3, -0.25) is 5.10 Å². The minimum atomic E-state index is 0.391. The van der Waals surface area contributed by atoms with Crippen LogP contribution in [0.3, 0.4) is 0 Å². The molecule has 0 amide bonds. The SMILES string of the molecule is CC(C)n1c(C2CNC2)n[nH]c1=S. The van der Waals surface area contributed by atoms with Gasteiger partial charge in [-0.2, -0.15) is 5.10 Å². The van der Waals surface area contributed by atoms with Crippen LogP contribution in [-0.2, 0) is 0 Å². The fraction of sp³-hybridized carbons (Fsp3) is 0.750. The van der Waals surface area contributed by atoms with Gasteiger partial charge < -0.3 is 9.88 Å². The Morgan fingerprint density at radius 1 is 1.54 bits per heavy atom. The number of hydrogen-bond donors (Lipinski definition) is 2. The van der Waals surface area contributed by atoms with E-state index in [1.54, 1.807) is 0 Å². The van der Waals surface area contributed by atoms with Crippen molar-refractivity contribution in [3.05, 3.63) is 10.6 Å². The summed E-state index contributed by atoms with van der Waals surface area (Å²) in [6, 6.07) is 0.391. The van der Waals surface area contributed by atoms with E-state index in [-0.39, 0.29) is 0 Å². The van der Waals surface area contributed by atoms with Gasteiger partial charge in [-0.05, 0) is 26.1 Å². The molecule has 0 atom stereocenters. The molecule has 0 radical (unpaired) electrons. The standard InChI is InChI=1S/C8H14N4S/c1-5(2)12-7(6-3-9-4-6)10-11-8(12)13/h5-6,9H,3-4H2,1-2H3,(H,11,13). The Morgan fingerprint density at radius 2 is 2.23 bits per heavy atom. The van der Waals surface area contributed by atoms with Crippen LogP contribution in [0.15, 0.2) is 0 Å². The summed E-state index contributed by atoms with van der Waals surface area (Å²) < 4.78 is 2.83. The highest BCUT2D eigenvalue weighted by molar-refractivity contribution is 7.71. The van der Waals surface area contributed by atoms with E-state index in [9.17, 15) is 0 Å². The average molecular weight is 198 g/mol. The van der Waals surface area contributed by atoms with Crippen LogP contribution in [0, 0.1) is 4.77 Å². The lowest BCUT2D eigenvalue weighted by molar-refractivity contribution is 0.403. The van der Waals surface area contributed by atoms with Gasteiger partial charge in [0, 0.05) is 25.0 Å². The van der Waals surface area contributed by atoms with Gasteiger partial charge in [0.25, 0.3) is 0 Å². The van der Waals surface area contributed by atoms with Crippen molar-refractivity contribution in [2.75, 3.05) is 13.1 Å². The zero-order valence-electron chi connectivity index (χ0n) is 7.87. The molecule has 1 aromatic rings. The van der Waals surface area contributed by atoms with E-state index in [2.05, 4.69) is 33.9 Å². The van der Waals surface area contributed by atoms with Crippen LogP contribution in [0.2, 0.25) is 0 Å². The molecular formula is C8H14N4S. The first-order valence-electron chi connectivity index (χ1n) is 4.57. The van der Waals surface area contributed by atoms with Crippen molar-refractivity contribution >= 4 is 12.2 Å². The Labute approximate surface area is 82.4 Å². The highest BCUT2D eigenvalue weighted by Gasteiger charge is 2.25. The number of aromatic nitrogens is 3. The van der Waals surface area contributed by atoms with Gasteiger partial charge in [-0.25, -0.2) is 0 Å². The number of hydrogen-bond acceptors (Lipinski definition) is 3. The third-order valence-electron chi connectivity index (χ3n) is 2.39. The highest BCUT2D eigenvalue weighted by Crippen LogP contribution is 2.20. The van der Waals surface area contributed by atoms with E-state index >= 15 is 0 Å². The van der Waals surface area contributed by atoms with Gasteiger partial charge in [0.2, 0.25) is 0 Å². The van der Waals surface area contributed by atoms with E-state index in [1.807, 2.05) is 0 Å². The molecule has 72 valence electrons. The minimum absolute atomic E-state index is 0.391. The van der Waals surface area contributed by atoms with Crippen LogP contribution in [-0.4, -0.2) is 27.9 Å². The molecule has 2 rings (SSSR count). The molecule has 0 spiro atoms. The molecule has 13 heavy (non-hydrogen) atoms. The lowest BCUT2D eigenvalue weighted by Gasteiger charge is -2.27. The summed E-state index contributed by atoms with van der Waals surface area (Å²) in [5.74, 6) is 1.63. The zero-order valence-corrected chi connectivity index (χ0v) is 8.69. The second-order valence-corrected chi connectivity index (χ2v) is 4.09. The predicted octanol–water partition coefficient (Wildman–Crippen LogP) is 1.21. The Hall–Kier alpha value is -0.680. The number of nitrogens with one attached hydrogen (secondary N) is 2. The van der Waals surface area contributed by atoms with Gasteiger partial charge in [-0.15, -0.1) is 0 Å². The van der Waals surface area contributed by atoms with Crippen molar-refractivity contribution in [2.24, 2.45) is 0 Å². The van der Waals surface area contributed by atoms with Crippen LogP contribution < -0.4 is 5.32 Å². The number of nitrogens with zero attached hydrogens (tertiary/aromatic N) is 2. The lowest BCUT2D eigenvalue weighted by Crippen LogP contribution is -2.41. The number of H-pyrrole nitrogens is 1. The van der Waals surface area contributed by atoms with Crippen molar-refractivity contribution in [3.8, 4) is 0 Å². The van der Waals surface area contributed by atoms with Crippen LogP contribution >= 0.6 is 12.2 Å². The first-order valence-corrected chi connectivity index (χ1v) is 4.98. The monoisotopic (exact) mass is 198 g/mol. The summed E-state index contributed by atoms with van der Waals surface area (Å²) >= 11 is 5.16. The van der Waals surface area contributed by atoms with Crippen molar-refractivity contribution in [1.82, 2.24) is 20.1 Å². The van der Waals surface area contributed by atoms with Crippen molar-refractivity contribution in [2.45, 2.75) is 25.8 Å². The zero-order chi connectivity index (χ0) is 9.42. The van der Waals surface area contributed by atoms with Gasteiger partial charge in [0.05, 0.1) is 0 Å². The first kappa shape index (κ1) is 8.90. The summed E-state index contributed by atoms with van der Waals surface area (Å²) in [6.07, 6.45) is 0. The average Bonchev–Trinajstić information content (AvgIpc) is 2.28. The topological polar surface area (TPSA) is 45.6 Å². The van der Waals surface area contributed by atoms with Gasteiger partial charge in [-0.1, -0.05) is 0 Å². The highest BCUT2D eigenvalue weighted by atomic mass is 32.1. The van der Waals surface area contributed by atoms with Crippen LogP contribution in [0.5, 0.6) is 0 Å². The quantitative estimate of drug-likeness (QED) is 0.702. The molecule has 2 heterocycles. The molecule has 0 bridgehead atoms. The Balaban J connectivity index is 2.39. The van der Waals surface area contributed by atoms with Crippen LogP contribution in [0.4, 0.5) is 0 Å². The molecule has 0 unspecified atom stereocenters. The molecule has 0 saturated carbocycles. The summed E-state index contributed by atoms with van der Waals surface area (Å²) in [6.45, 7) is 6.29. The fourth-order valence-electron chi connectivity index (χ4n) is 1.58. The number of rotatable bonds is 2. The van der Waals surface area contributed by atoms with Crippen LogP contribution in [0.1, 0.15) is 31.6 Å². The minimum Gasteiger partial charge on any atom is -0.315 e. The molecule has 1 aliphatic heterocycles. The van der Waals surface area contributed by atoms with E-state index in [1.165, 1.54) is 0 Å². The molecule has 5 heteroatoms. The summed E-state index contributed by atoms with van der Waals surface area (Å²) in [5, 5.41) is 10.4. The van der Waals surface area contributed by atoms with Crippen molar-refractivity contribution in [3.63, 3.8) is 0 Å². The molecule has 4 nitrogen and oxygen atoms in total. The van der Waals surface area contributed by atoms with E-state index in [0.29, 0.717) is 12.0 Å². The third kappa shape index (κ3) is 1.42. The van der Waals surface area contributed by atoms with E-state index in [0.717, 1.165) is 23.7 Å². The molecule has 0 aliphatic carbocycles. The Bertz CT molecular complexity index is 347. The Morgan fingerprint density at radius 3 is 2.69 bits per heavy atom. The Kier molecular flexibility index (Phi) is 2.21. The molecular weight excluding hydrogens is 184 g/mol. The second-order valence-electron chi connectivity index (χ2n) is 3.71. The summed E-state index contributed by atoms with van der Waals surface area (Å²) in [7, 11) is 0. The first-order chi connectivity index (χ1) is 6.20. The third-order valence-corrected chi connectivity index (χ3v) is 2.68. The fourth-order valence-corrected chi connectivity index (χ4v) is 1.93.